The third-order valence-electron chi connectivity index (χ3n) is 6.30. The van der Waals surface area contributed by atoms with Crippen molar-refractivity contribution in [2.24, 2.45) is 0 Å². The number of piperazine rings is 1. The highest BCUT2D eigenvalue weighted by atomic mass is 32.1. The molecular formula is C23H25F3N6O2S. The predicted molar refractivity (Wildman–Crippen MR) is 125 cm³/mol. The van der Waals surface area contributed by atoms with Crippen LogP contribution in [0, 0.1) is 13.8 Å². The van der Waals surface area contributed by atoms with E-state index in [1.165, 1.54) is 0 Å². The summed E-state index contributed by atoms with van der Waals surface area (Å²) >= 11 is 0.653. The maximum Gasteiger partial charge on any atom is 0.443 e. The van der Waals surface area contributed by atoms with Crippen LogP contribution >= 0.6 is 11.3 Å². The van der Waals surface area contributed by atoms with Crippen molar-refractivity contribution in [3.63, 3.8) is 0 Å². The first-order chi connectivity index (χ1) is 16.6. The third-order valence-corrected chi connectivity index (χ3v) is 7.46. The highest BCUT2D eigenvalue weighted by Gasteiger charge is 2.38. The van der Waals surface area contributed by atoms with Gasteiger partial charge in [0.2, 0.25) is 10.9 Å². The summed E-state index contributed by atoms with van der Waals surface area (Å²) in [6.45, 7) is 7.32. The Balaban J connectivity index is 1.39. The van der Waals surface area contributed by atoms with Crippen molar-refractivity contribution < 1.29 is 22.7 Å². The van der Waals surface area contributed by atoms with Gasteiger partial charge in [0.05, 0.1) is 6.61 Å². The van der Waals surface area contributed by atoms with E-state index >= 15 is 0 Å². The van der Waals surface area contributed by atoms with Crippen molar-refractivity contribution in [2.75, 3.05) is 31.1 Å². The first-order valence-electron chi connectivity index (χ1n) is 11.4. The Bertz CT molecular complexity index is 1270. The van der Waals surface area contributed by atoms with E-state index in [-0.39, 0.29) is 18.5 Å². The monoisotopic (exact) mass is 506 g/mol. The molecule has 1 saturated heterocycles. The van der Waals surface area contributed by atoms with Crippen molar-refractivity contribution >= 4 is 22.2 Å². The standard InChI is InChI=1S/C23H25F3N6O2S/c1-13-11-30(7-8-31(13)19(33)12-32-15(3)27-14(2)29-32)21-20(28-22(35-21)23(24,25)26)17-4-5-18-16(10-17)6-9-34-18/h4-5,10,13H,6-9,11-12H2,1-3H3. The molecule has 0 N–H and O–H groups in total. The molecule has 0 aliphatic carbocycles. The minimum absolute atomic E-state index is 0.0816. The maximum atomic E-state index is 13.6. The van der Waals surface area contributed by atoms with Gasteiger partial charge in [-0.15, -0.1) is 0 Å². The summed E-state index contributed by atoms with van der Waals surface area (Å²) in [5, 5.41) is 3.85. The number of anilines is 1. The molecule has 1 fully saturated rings. The number of hydrogen-bond acceptors (Lipinski definition) is 7. The van der Waals surface area contributed by atoms with Crippen LogP contribution in [0.25, 0.3) is 11.3 Å². The Labute approximate surface area is 204 Å². The number of ether oxygens (including phenoxy) is 1. The zero-order chi connectivity index (χ0) is 24.9. The lowest BCUT2D eigenvalue weighted by Crippen LogP contribution is -2.54. The Morgan fingerprint density at radius 3 is 2.71 bits per heavy atom. The Kier molecular flexibility index (Phi) is 5.94. The van der Waals surface area contributed by atoms with E-state index in [9.17, 15) is 18.0 Å². The molecule has 4 heterocycles. The average Bonchev–Trinajstić information content (AvgIpc) is 3.51. The molecule has 35 heavy (non-hydrogen) atoms. The smallest absolute Gasteiger partial charge is 0.443 e. The topological polar surface area (TPSA) is 76.4 Å². The molecule has 3 aromatic rings. The molecule has 2 aromatic heterocycles. The lowest BCUT2D eigenvalue weighted by Gasteiger charge is -2.40. The van der Waals surface area contributed by atoms with E-state index in [0.717, 1.165) is 17.7 Å². The molecule has 0 bridgehead atoms. The number of carbonyl (C=O) groups is 1. The molecule has 8 nitrogen and oxygen atoms in total. The van der Waals surface area contributed by atoms with E-state index in [4.69, 9.17) is 4.74 Å². The molecule has 0 spiro atoms. The lowest BCUT2D eigenvalue weighted by molar-refractivity contribution is -0.137. The highest BCUT2D eigenvalue weighted by molar-refractivity contribution is 7.16. The predicted octanol–water partition coefficient (Wildman–Crippen LogP) is 3.71. The van der Waals surface area contributed by atoms with E-state index in [1.54, 1.807) is 35.6 Å². The van der Waals surface area contributed by atoms with E-state index < -0.39 is 11.2 Å². The number of nitrogens with zero attached hydrogens (tertiary/aromatic N) is 6. The van der Waals surface area contributed by atoms with Crippen LogP contribution in [0.5, 0.6) is 5.75 Å². The van der Waals surface area contributed by atoms with Gasteiger partial charge < -0.3 is 14.5 Å². The maximum absolute atomic E-state index is 13.6. The second kappa shape index (κ2) is 8.81. The van der Waals surface area contributed by atoms with E-state index in [2.05, 4.69) is 15.1 Å². The number of alkyl halides is 3. The van der Waals surface area contributed by atoms with Crippen LogP contribution in [0.1, 0.15) is 29.1 Å². The van der Waals surface area contributed by atoms with Crippen molar-refractivity contribution in [3.8, 4) is 17.0 Å². The fraction of sp³-hybridized carbons (Fsp3) is 0.478. The minimum atomic E-state index is -4.53. The molecule has 0 saturated carbocycles. The van der Waals surface area contributed by atoms with E-state index in [0.29, 0.717) is 65.5 Å². The minimum Gasteiger partial charge on any atom is -0.493 e. The van der Waals surface area contributed by atoms with Crippen LogP contribution in [0.3, 0.4) is 0 Å². The molecule has 5 rings (SSSR count). The van der Waals surface area contributed by atoms with E-state index in [1.807, 2.05) is 17.9 Å². The number of aromatic nitrogens is 4. The van der Waals surface area contributed by atoms with Gasteiger partial charge in [0.25, 0.3) is 0 Å². The first kappa shape index (κ1) is 23.6. The number of carbonyl (C=O) groups excluding carboxylic acids is 1. The lowest BCUT2D eigenvalue weighted by atomic mass is 10.1. The van der Waals surface area contributed by atoms with Gasteiger partial charge >= 0.3 is 6.18 Å². The molecule has 2 aliphatic rings. The van der Waals surface area contributed by atoms with Gasteiger partial charge in [0.15, 0.2) is 0 Å². The van der Waals surface area contributed by atoms with Crippen molar-refractivity contribution in [3.05, 3.63) is 40.4 Å². The molecule has 0 radical (unpaired) electrons. The summed E-state index contributed by atoms with van der Waals surface area (Å²) < 4.78 is 48.0. The fourth-order valence-corrected chi connectivity index (χ4v) is 5.60. The molecule has 1 atom stereocenters. The number of amides is 1. The molecule has 186 valence electrons. The van der Waals surface area contributed by atoms with Gasteiger partial charge in [-0.2, -0.15) is 18.3 Å². The summed E-state index contributed by atoms with van der Waals surface area (Å²) in [6.07, 6.45) is -3.81. The quantitative estimate of drug-likeness (QED) is 0.537. The Morgan fingerprint density at radius 1 is 1.23 bits per heavy atom. The van der Waals surface area contributed by atoms with Crippen LogP contribution in [0.2, 0.25) is 0 Å². The molecule has 1 amide bonds. The van der Waals surface area contributed by atoms with Gasteiger partial charge in [0, 0.05) is 37.7 Å². The van der Waals surface area contributed by atoms with Crippen LogP contribution in [-0.4, -0.2) is 62.8 Å². The normalized spacial score (nSPS) is 18.1. The van der Waals surface area contributed by atoms with Gasteiger partial charge in [-0.05, 0) is 44.5 Å². The van der Waals surface area contributed by atoms with Gasteiger partial charge in [-0.25, -0.2) is 14.6 Å². The van der Waals surface area contributed by atoms with Gasteiger partial charge in [0.1, 0.15) is 34.6 Å². The SMILES string of the molecule is Cc1nc(C)n(CC(=O)N2CCN(c3sc(C(F)(F)F)nc3-c3ccc4c(c3)CCO4)CC2C)n1. The summed E-state index contributed by atoms with van der Waals surface area (Å²) in [4.78, 5) is 24.9. The van der Waals surface area contributed by atoms with Crippen LogP contribution in [0.4, 0.5) is 18.2 Å². The molecule has 1 unspecified atom stereocenters. The van der Waals surface area contributed by atoms with Crippen LogP contribution in [-0.2, 0) is 23.9 Å². The summed E-state index contributed by atoms with van der Waals surface area (Å²) in [6, 6.07) is 5.22. The number of thiazole rings is 1. The van der Waals surface area contributed by atoms with Crippen LogP contribution in [0.15, 0.2) is 18.2 Å². The number of benzene rings is 1. The zero-order valence-electron chi connectivity index (χ0n) is 19.6. The first-order valence-corrected chi connectivity index (χ1v) is 12.2. The summed E-state index contributed by atoms with van der Waals surface area (Å²) in [5.41, 5.74) is 1.93. The zero-order valence-corrected chi connectivity index (χ0v) is 20.4. The fourth-order valence-electron chi connectivity index (χ4n) is 4.61. The molecule has 12 heteroatoms. The number of aryl methyl sites for hydroxylation is 2. The molecule has 2 aliphatic heterocycles. The Morgan fingerprint density at radius 2 is 2.03 bits per heavy atom. The van der Waals surface area contributed by atoms with Gasteiger partial charge in [-0.3, -0.25) is 4.79 Å². The second-order valence-electron chi connectivity index (χ2n) is 8.84. The van der Waals surface area contributed by atoms with Crippen molar-refractivity contribution in [1.82, 2.24) is 24.6 Å². The molecular weight excluding hydrogens is 481 g/mol. The molecule has 1 aromatic carbocycles. The number of halogens is 3. The van der Waals surface area contributed by atoms with Crippen molar-refractivity contribution in [2.45, 2.75) is 46.0 Å². The largest absolute Gasteiger partial charge is 0.493 e. The third kappa shape index (κ3) is 4.58. The Hall–Kier alpha value is -3.15. The van der Waals surface area contributed by atoms with Crippen molar-refractivity contribution in [1.29, 1.82) is 0 Å². The average molecular weight is 507 g/mol. The number of fused-ring (bicyclic) bond motifs is 1. The number of rotatable bonds is 4. The summed E-state index contributed by atoms with van der Waals surface area (Å²) in [7, 11) is 0. The van der Waals surface area contributed by atoms with Gasteiger partial charge in [-0.1, -0.05) is 11.3 Å². The highest BCUT2D eigenvalue weighted by Crippen LogP contribution is 2.44. The number of hydrogen-bond donors (Lipinski definition) is 0. The second-order valence-corrected chi connectivity index (χ2v) is 9.82. The summed E-state index contributed by atoms with van der Waals surface area (Å²) in [5.74, 6) is 1.93. The van der Waals surface area contributed by atoms with Crippen LogP contribution < -0.4 is 9.64 Å².